The minimum atomic E-state index is 0.00383. The molecule has 1 aliphatic heterocycles. The number of hydrogen-bond acceptors (Lipinski definition) is 3. The first-order chi connectivity index (χ1) is 11.7. The molecule has 5 nitrogen and oxygen atoms in total. The van der Waals surface area contributed by atoms with Crippen LogP contribution in [0.3, 0.4) is 0 Å². The fourth-order valence-corrected chi connectivity index (χ4v) is 3.62. The second-order valence-electron chi connectivity index (χ2n) is 6.90. The number of imidazole rings is 1. The van der Waals surface area contributed by atoms with Crippen LogP contribution in [0, 0.1) is 5.92 Å². The lowest BCUT2D eigenvalue weighted by Gasteiger charge is -2.23. The van der Waals surface area contributed by atoms with E-state index in [1.165, 1.54) is 12.8 Å². The van der Waals surface area contributed by atoms with Gasteiger partial charge in [0.1, 0.15) is 5.82 Å². The number of carbonyl (C=O) groups is 1. The number of carbonyl (C=O) groups excluding carboxylic acids is 1. The van der Waals surface area contributed by atoms with E-state index in [1.807, 2.05) is 36.0 Å². The fraction of sp³-hybridized carbons (Fsp3) is 0.474. The molecule has 5 heteroatoms. The van der Waals surface area contributed by atoms with Crippen LogP contribution in [-0.4, -0.2) is 28.5 Å². The van der Waals surface area contributed by atoms with E-state index in [0.717, 1.165) is 43.0 Å². The first-order valence-corrected chi connectivity index (χ1v) is 8.86. The van der Waals surface area contributed by atoms with Gasteiger partial charge in [0, 0.05) is 38.2 Å². The van der Waals surface area contributed by atoms with Crippen molar-refractivity contribution in [1.29, 1.82) is 0 Å². The van der Waals surface area contributed by atoms with E-state index in [1.54, 1.807) is 6.20 Å². The molecular weight excluding hydrogens is 300 g/mol. The van der Waals surface area contributed by atoms with Gasteiger partial charge in [0.25, 0.3) is 5.91 Å². The van der Waals surface area contributed by atoms with Crippen molar-refractivity contribution in [3.8, 4) is 0 Å². The average Bonchev–Trinajstić information content (AvgIpc) is 3.12. The Balaban J connectivity index is 1.58. The molecule has 2 fully saturated rings. The fourth-order valence-electron chi connectivity index (χ4n) is 3.62. The van der Waals surface area contributed by atoms with Crippen molar-refractivity contribution < 1.29 is 4.79 Å². The molecule has 1 amide bonds. The van der Waals surface area contributed by atoms with Crippen LogP contribution in [0.1, 0.15) is 47.9 Å². The van der Waals surface area contributed by atoms with Crippen LogP contribution in [0.15, 0.2) is 36.7 Å². The molecule has 2 heterocycles. The maximum absolute atomic E-state index is 13.0. The van der Waals surface area contributed by atoms with Crippen LogP contribution in [0.2, 0.25) is 0 Å². The standard InChI is InChI=1S/C19H24N4O/c1-22-13-10-20-18(22)17(14-8-9-14)21-19(24)15-6-2-3-7-16(15)23-11-4-5-12-23/h2-3,6-7,10,13-14,17H,4-5,8-9,11-12H2,1H3,(H,21,24). The lowest BCUT2D eigenvalue weighted by Crippen LogP contribution is -2.33. The first-order valence-electron chi connectivity index (χ1n) is 8.86. The summed E-state index contributed by atoms with van der Waals surface area (Å²) >= 11 is 0. The van der Waals surface area contributed by atoms with Gasteiger partial charge in [-0.2, -0.15) is 0 Å². The Kier molecular flexibility index (Phi) is 4.00. The highest BCUT2D eigenvalue weighted by atomic mass is 16.1. The Morgan fingerprint density at radius 3 is 2.67 bits per heavy atom. The molecule has 2 aromatic rings. The third-order valence-electron chi connectivity index (χ3n) is 5.11. The minimum absolute atomic E-state index is 0.00383. The molecule has 1 saturated heterocycles. The summed E-state index contributed by atoms with van der Waals surface area (Å²) in [4.78, 5) is 19.8. The zero-order valence-electron chi connectivity index (χ0n) is 14.1. The number of hydrogen-bond donors (Lipinski definition) is 1. The van der Waals surface area contributed by atoms with Crippen molar-refractivity contribution in [2.24, 2.45) is 13.0 Å². The molecule has 24 heavy (non-hydrogen) atoms. The van der Waals surface area contributed by atoms with Crippen molar-refractivity contribution in [2.45, 2.75) is 31.7 Å². The second kappa shape index (κ2) is 6.30. The molecule has 0 radical (unpaired) electrons. The smallest absolute Gasteiger partial charge is 0.253 e. The van der Waals surface area contributed by atoms with E-state index < -0.39 is 0 Å². The van der Waals surface area contributed by atoms with E-state index >= 15 is 0 Å². The summed E-state index contributed by atoms with van der Waals surface area (Å²) in [5.74, 6) is 1.47. The number of aryl methyl sites for hydroxylation is 1. The molecule has 1 saturated carbocycles. The first kappa shape index (κ1) is 15.2. The van der Waals surface area contributed by atoms with Crippen LogP contribution >= 0.6 is 0 Å². The third kappa shape index (κ3) is 2.90. The molecular formula is C19H24N4O. The lowest BCUT2D eigenvalue weighted by atomic mass is 10.1. The van der Waals surface area contributed by atoms with Gasteiger partial charge in [-0.3, -0.25) is 4.79 Å². The van der Waals surface area contributed by atoms with E-state index in [2.05, 4.69) is 21.3 Å². The maximum Gasteiger partial charge on any atom is 0.253 e. The maximum atomic E-state index is 13.0. The molecule has 0 bridgehead atoms. The van der Waals surface area contributed by atoms with Gasteiger partial charge in [0.15, 0.2) is 0 Å². The minimum Gasteiger partial charge on any atom is -0.371 e. The van der Waals surface area contributed by atoms with Gasteiger partial charge in [-0.1, -0.05) is 12.1 Å². The van der Waals surface area contributed by atoms with E-state index in [4.69, 9.17) is 0 Å². The average molecular weight is 324 g/mol. The normalized spacial score (nSPS) is 18.6. The lowest BCUT2D eigenvalue weighted by molar-refractivity contribution is 0.0929. The molecule has 1 aromatic heterocycles. The third-order valence-corrected chi connectivity index (χ3v) is 5.11. The summed E-state index contributed by atoms with van der Waals surface area (Å²) in [7, 11) is 1.99. The highest BCUT2D eigenvalue weighted by Crippen LogP contribution is 2.40. The van der Waals surface area contributed by atoms with Gasteiger partial charge in [0.2, 0.25) is 0 Å². The van der Waals surface area contributed by atoms with E-state index in [0.29, 0.717) is 5.92 Å². The molecule has 1 unspecified atom stereocenters. The number of benzene rings is 1. The Morgan fingerprint density at radius 1 is 1.25 bits per heavy atom. The van der Waals surface area contributed by atoms with Crippen molar-refractivity contribution in [3.63, 3.8) is 0 Å². The van der Waals surface area contributed by atoms with E-state index in [9.17, 15) is 4.79 Å². The zero-order valence-corrected chi connectivity index (χ0v) is 14.1. The van der Waals surface area contributed by atoms with Gasteiger partial charge < -0.3 is 14.8 Å². The Labute approximate surface area is 142 Å². The second-order valence-corrected chi connectivity index (χ2v) is 6.90. The zero-order chi connectivity index (χ0) is 16.5. The van der Waals surface area contributed by atoms with Gasteiger partial charge >= 0.3 is 0 Å². The Morgan fingerprint density at radius 2 is 2.00 bits per heavy atom. The van der Waals surface area contributed by atoms with Crippen molar-refractivity contribution in [3.05, 3.63) is 48.0 Å². The summed E-state index contributed by atoms with van der Waals surface area (Å²) < 4.78 is 2.01. The SMILES string of the molecule is Cn1ccnc1C(NC(=O)c1ccccc1N1CCCC1)C1CC1. The summed E-state index contributed by atoms with van der Waals surface area (Å²) in [6, 6.07) is 7.96. The highest BCUT2D eigenvalue weighted by Gasteiger charge is 2.36. The monoisotopic (exact) mass is 324 g/mol. The predicted octanol–water partition coefficient (Wildman–Crippen LogP) is 2.90. The van der Waals surface area contributed by atoms with Crippen molar-refractivity contribution in [2.75, 3.05) is 18.0 Å². The highest BCUT2D eigenvalue weighted by molar-refractivity contribution is 6.00. The Bertz CT molecular complexity index is 728. The van der Waals surface area contributed by atoms with E-state index in [-0.39, 0.29) is 11.9 Å². The molecule has 2 aliphatic rings. The van der Waals surface area contributed by atoms with Crippen LogP contribution < -0.4 is 10.2 Å². The number of amides is 1. The molecule has 4 rings (SSSR count). The van der Waals surface area contributed by atoms with Gasteiger partial charge in [-0.05, 0) is 43.7 Å². The summed E-state index contributed by atoms with van der Waals surface area (Å²) in [5, 5.41) is 3.25. The molecule has 1 N–H and O–H groups in total. The predicted molar refractivity (Wildman–Crippen MR) is 94.0 cm³/mol. The number of aromatic nitrogens is 2. The Hall–Kier alpha value is -2.30. The summed E-state index contributed by atoms with van der Waals surface area (Å²) in [6.45, 7) is 2.07. The van der Waals surface area contributed by atoms with Crippen LogP contribution in [0.5, 0.6) is 0 Å². The topological polar surface area (TPSA) is 50.2 Å². The number of nitrogens with zero attached hydrogens (tertiary/aromatic N) is 3. The molecule has 0 spiro atoms. The molecule has 1 atom stereocenters. The quantitative estimate of drug-likeness (QED) is 0.920. The molecule has 1 aromatic carbocycles. The summed E-state index contributed by atoms with van der Waals surface area (Å²) in [5.41, 5.74) is 1.83. The molecule has 126 valence electrons. The molecule has 1 aliphatic carbocycles. The van der Waals surface area contributed by atoms with Gasteiger partial charge in [-0.15, -0.1) is 0 Å². The van der Waals surface area contributed by atoms with Crippen LogP contribution in [-0.2, 0) is 7.05 Å². The van der Waals surface area contributed by atoms with Crippen molar-refractivity contribution in [1.82, 2.24) is 14.9 Å². The number of anilines is 1. The van der Waals surface area contributed by atoms with Gasteiger partial charge in [0.05, 0.1) is 11.6 Å². The number of nitrogens with one attached hydrogen (secondary N) is 1. The number of para-hydroxylation sites is 1. The summed E-state index contributed by atoms with van der Waals surface area (Å²) in [6.07, 6.45) is 8.46. The van der Waals surface area contributed by atoms with Crippen LogP contribution in [0.25, 0.3) is 0 Å². The van der Waals surface area contributed by atoms with Crippen LogP contribution in [0.4, 0.5) is 5.69 Å². The van der Waals surface area contributed by atoms with Gasteiger partial charge in [-0.25, -0.2) is 4.98 Å². The van der Waals surface area contributed by atoms with Crippen molar-refractivity contribution >= 4 is 11.6 Å². The number of rotatable bonds is 5. The largest absolute Gasteiger partial charge is 0.371 e.